The molecule has 1 amide bonds. The Balaban J connectivity index is 1.45. The average molecular weight is 322 g/mol. The van der Waals surface area contributed by atoms with Gasteiger partial charge in [-0.2, -0.15) is 0 Å². The lowest BCUT2D eigenvalue weighted by Gasteiger charge is -2.25. The largest absolute Gasteiger partial charge is 0.326 e. The van der Waals surface area contributed by atoms with Crippen LogP contribution < -0.4 is 5.32 Å². The second-order valence-corrected chi connectivity index (χ2v) is 6.73. The number of nitrogens with zero attached hydrogens (tertiary/aromatic N) is 2. The molecular weight excluding hydrogens is 298 g/mol. The highest BCUT2D eigenvalue weighted by Gasteiger charge is 2.28. The molecule has 2 heterocycles. The fourth-order valence-electron chi connectivity index (χ4n) is 3.50. The van der Waals surface area contributed by atoms with E-state index < -0.39 is 0 Å². The summed E-state index contributed by atoms with van der Waals surface area (Å²) < 4.78 is 0. The number of rotatable bonds is 4. The van der Waals surface area contributed by atoms with Crippen LogP contribution in [0.5, 0.6) is 0 Å². The minimum absolute atomic E-state index is 0.0786. The van der Waals surface area contributed by atoms with Gasteiger partial charge in [-0.25, -0.2) is 0 Å². The highest BCUT2D eigenvalue weighted by atomic mass is 35.5. The van der Waals surface area contributed by atoms with Gasteiger partial charge in [-0.05, 0) is 63.2 Å². The van der Waals surface area contributed by atoms with Crippen LogP contribution in [-0.2, 0) is 4.79 Å². The Labute approximate surface area is 137 Å². The van der Waals surface area contributed by atoms with Crippen LogP contribution in [0.25, 0.3) is 0 Å². The van der Waals surface area contributed by atoms with Crippen molar-refractivity contribution in [2.75, 3.05) is 38.0 Å². The molecular formula is C17H24ClN3O. The van der Waals surface area contributed by atoms with E-state index in [0.717, 1.165) is 25.3 Å². The summed E-state index contributed by atoms with van der Waals surface area (Å²) in [5.74, 6) is 0.0786. The Kier molecular flexibility index (Phi) is 5.34. The highest BCUT2D eigenvalue weighted by Crippen LogP contribution is 2.21. The van der Waals surface area contributed by atoms with Crippen molar-refractivity contribution in [3.8, 4) is 0 Å². The first-order chi connectivity index (χ1) is 10.7. The SMILES string of the molecule is O=C(CCN1CCCN2CCC[C@H]2C1)Nc1ccc(Cl)cc1. The van der Waals surface area contributed by atoms with Crippen LogP contribution in [0.4, 0.5) is 5.69 Å². The molecule has 0 bridgehead atoms. The van der Waals surface area contributed by atoms with Gasteiger partial charge in [0.25, 0.3) is 0 Å². The molecule has 0 radical (unpaired) electrons. The number of benzene rings is 1. The maximum absolute atomic E-state index is 12.1. The number of hydrogen-bond donors (Lipinski definition) is 1. The van der Waals surface area contributed by atoms with Gasteiger partial charge in [-0.15, -0.1) is 0 Å². The van der Waals surface area contributed by atoms with Gasteiger partial charge in [0.2, 0.25) is 5.91 Å². The van der Waals surface area contributed by atoms with Crippen molar-refractivity contribution < 1.29 is 4.79 Å². The van der Waals surface area contributed by atoms with Crippen molar-refractivity contribution in [1.82, 2.24) is 9.80 Å². The maximum atomic E-state index is 12.1. The molecule has 0 saturated carbocycles. The summed E-state index contributed by atoms with van der Waals surface area (Å²) in [6.07, 6.45) is 4.41. The first kappa shape index (κ1) is 15.8. The summed E-state index contributed by atoms with van der Waals surface area (Å²) >= 11 is 5.85. The second-order valence-electron chi connectivity index (χ2n) is 6.29. The average Bonchev–Trinajstić information content (AvgIpc) is 2.85. The molecule has 2 aliphatic rings. The van der Waals surface area contributed by atoms with Gasteiger partial charge in [0.05, 0.1) is 0 Å². The Morgan fingerprint density at radius 3 is 2.77 bits per heavy atom. The molecule has 1 aromatic carbocycles. The Bertz CT molecular complexity index is 505. The van der Waals surface area contributed by atoms with Gasteiger partial charge in [0, 0.05) is 36.3 Å². The summed E-state index contributed by atoms with van der Waals surface area (Å²) in [5, 5.41) is 3.62. The van der Waals surface area contributed by atoms with Gasteiger partial charge < -0.3 is 10.2 Å². The van der Waals surface area contributed by atoms with E-state index in [9.17, 15) is 4.79 Å². The molecule has 2 aliphatic heterocycles. The van der Waals surface area contributed by atoms with Crippen molar-refractivity contribution in [3.63, 3.8) is 0 Å². The number of carbonyl (C=O) groups excluding carboxylic acids is 1. The number of amides is 1. The zero-order valence-corrected chi connectivity index (χ0v) is 13.7. The van der Waals surface area contributed by atoms with Crippen molar-refractivity contribution >= 4 is 23.2 Å². The maximum Gasteiger partial charge on any atom is 0.225 e. The van der Waals surface area contributed by atoms with Gasteiger partial charge in [0.15, 0.2) is 0 Å². The van der Waals surface area contributed by atoms with Crippen LogP contribution >= 0.6 is 11.6 Å². The first-order valence-electron chi connectivity index (χ1n) is 8.22. The standard InChI is InChI=1S/C17H24ClN3O/c18-14-4-6-15(7-5-14)19-17(22)8-12-20-9-2-11-21-10-1-3-16(21)13-20/h4-7,16H,1-3,8-13H2,(H,19,22)/t16-/m0/s1. The Hall–Kier alpha value is -1.10. The third-order valence-electron chi connectivity index (χ3n) is 4.67. The molecule has 0 spiro atoms. The van der Waals surface area contributed by atoms with Crippen LogP contribution in [0.2, 0.25) is 5.02 Å². The lowest BCUT2D eigenvalue weighted by atomic mass is 10.2. The lowest BCUT2D eigenvalue weighted by Crippen LogP contribution is -2.37. The normalized spacial score (nSPS) is 23.0. The number of fused-ring (bicyclic) bond motifs is 1. The topological polar surface area (TPSA) is 35.6 Å². The number of halogens is 1. The monoisotopic (exact) mass is 321 g/mol. The Morgan fingerprint density at radius 1 is 1.18 bits per heavy atom. The minimum Gasteiger partial charge on any atom is -0.326 e. The summed E-state index contributed by atoms with van der Waals surface area (Å²) in [6, 6.07) is 7.97. The van der Waals surface area contributed by atoms with Gasteiger partial charge in [-0.1, -0.05) is 11.6 Å². The lowest BCUT2D eigenvalue weighted by molar-refractivity contribution is -0.116. The molecule has 0 unspecified atom stereocenters. The summed E-state index contributed by atoms with van der Waals surface area (Å²) in [6.45, 7) is 5.56. The molecule has 2 fully saturated rings. The highest BCUT2D eigenvalue weighted by molar-refractivity contribution is 6.30. The predicted octanol–water partition coefficient (Wildman–Crippen LogP) is 2.84. The zero-order valence-electron chi connectivity index (χ0n) is 12.9. The molecule has 120 valence electrons. The van der Waals surface area contributed by atoms with Crippen molar-refractivity contribution in [2.24, 2.45) is 0 Å². The molecule has 2 saturated heterocycles. The van der Waals surface area contributed by atoms with Crippen molar-refractivity contribution in [3.05, 3.63) is 29.3 Å². The second kappa shape index (κ2) is 7.44. The van der Waals surface area contributed by atoms with E-state index in [4.69, 9.17) is 11.6 Å². The van der Waals surface area contributed by atoms with Crippen LogP contribution in [-0.4, -0.2) is 54.5 Å². The van der Waals surface area contributed by atoms with E-state index in [0.29, 0.717) is 17.5 Å². The fourth-order valence-corrected chi connectivity index (χ4v) is 3.63. The van der Waals surface area contributed by atoms with E-state index in [1.807, 2.05) is 12.1 Å². The van der Waals surface area contributed by atoms with E-state index in [2.05, 4.69) is 15.1 Å². The zero-order chi connectivity index (χ0) is 15.4. The van der Waals surface area contributed by atoms with E-state index in [1.54, 1.807) is 12.1 Å². The smallest absolute Gasteiger partial charge is 0.225 e. The third-order valence-corrected chi connectivity index (χ3v) is 4.92. The van der Waals surface area contributed by atoms with Crippen molar-refractivity contribution in [2.45, 2.75) is 31.7 Å². The summed E-state index contributed by atoms with van der Waals surface area (Å²) in [7, 11) is 0. The minimum atomic E-state index is 0.0786. The van der Waals surface area contributed by atoms with Gasteiger partial charge in [-0.3, -0.25) is 9.69 Å². The Morgan fingerprint density at radius 2 is 1.95 bits per heavy atom. The molecule has 5 heteroatoms. The van der Waals surface area contributed by atoms with E-state index in [1.165, 1.54) is 32.4 Å². The molecule has 1 aromatic rings. The molecule has 0 aliphatic carbocycles. The molecule has 1 N–H and O–H groups in total. The van der Waals surface area contributed by atoms with E-state index >= 15 is 0 Å². The number of anilines is 1. The fraction of sp³-hybridized carbons (Fsp3) is 0.588. The van der Waals surface area contributed by atoms with Crippen LogP contribution in [0.1, 0.15) is 25.7 Å². The van der Waals surface area contributed by atoms with Crippen molar-refractivity contribution in [1.29, 1.82) is 0 Å². The molecule has 4 nitrogen and oxygen atoms in total. The third kappa shape index (κ3) is 4.22. The molecule has 3 rings (SSSR count). The molecule has 1 atom stereocenters. The van der Waals surface area contributed by atoms with Crippen LogP contribution in [0.15, 0.2) is 24.3 Å². The first-order valence-corrected chi connectivity index (χ1v) is 8.60. The van der Waals surface area contributed by atoms with Gasteiger partial charge >= 0.3 is 0 Å². The number of carbonyl (C=O) groups is 1. The van der Waals surface area contributed by atoms with Crippen LogP contribution in [0.3, 0.4) is 0 Å². The predicted molar refractivity (Wildman–Crippen MR) is 90.4 cm³/mol. The summed E-state index contributed by atoms with van der Waals surface area (Å²) in [4.78, 5) is 17.1. The number of hydrogen-bond acceptors (Lipinski definition) is 3. The van der Waals surface area contributed by atoms with Gasteiger partial charge in [0.1, 0.15) is 0 Å². The quantitative estimate of drug-likeness (QED) is 0.926. The molecule has 0 aromatic heterocycles. The van der Waals surface area contributed by atoms with Crippen LogP contribution in [0, 0.1) is 0 Å². The molecule has 22 heavy (non-hydrogen) atoms. The van der Waals surface area contributed by atoms with E-state index in [-0.39, 0.29) is 5.91 Å². The number of nitrogens with one attached hydrogen (secondary N) is 1. The summed E-state index contributed by atoms with van der Waals surface area (Å²) in [5.41, 5.74) is 0.812.